The minimum atomic E-state index is -0.769. The van der Waals surface area contributed by atoms with Crippen molar-refractivity contribution in [2.24, 2.45) is 0 Å². The van der Waals surface area contributed by atoms with E-state index in [1.807, 2.05) is 0 Å². The Morgan fingerprint density at radius 2 is 0.507 bits per heavy atom. The van der Waals surface area contributed by atoms with Crippen molar-refractivity contribution >= 4 is 17.9 Å². The molecule has 6 nitrogen and oxygen atoms in total. The van der Waals surface area contributed by atoms with Crippen molar-refractivity contribution in [1.29, 1.82) is 0 Å². The van der Waals surface area contributed by atoms with Gasteiger partial charge < -0.3 is 14.2 Å². The van der Waals surface area contributed by atoms with E-state index in [1.54, 1.807) is 0 Å². The third-order valence-corrected chi connectivity index (χ3v) is 13.4. The van der Waals surface area contributed by atoms with E-state index < -0.39 is 6.10 Å². The highest BCUT2D eigenvalue weighted by molar-refractivity contribution is 5.71. The van der Waals surface area contributed by atoms with Crippen molar-refractivity contribution in [3.05, 3.63) is 24.3 Å². The minimum Gasteiger partial charge on any atom is -0.462 e. The Bertz CT molecular complexity index is 1080. The van der Waals surface area contributed by atoms with Gasteiger partial charge in [0.1, 0.15) is 13.2 Å². The van der Waals surface area contributed by atoms with Gasteiger partial charge in [0.25, 0.3) is 0 Å². The Morgan fingerprint density at radius 3 is 0.791 bits per heavy atom. The first-order chi connectivity index (χ1) is 33.0. The lowest BCUT2D eigenvalue weighted by Crippen LogP contribution is -2.30. The van der Waals surface area contributed by atoms with Crippen LogP contribution in [0.3, 0.4) is 0 Å². The lowest BCUT2D eigenvalue weighted by atomic mass is 10.0. The molecule has 67 heavy (non-hydrogen) atoms. The normalized spacial score (nSPS) is 12.1. The van der Waals surface area contributed by atoms with Gasteiger partial charge in [-0.15, -0.1) is 0 Å². The van der Waals surface area contributed by atoms with E-state index >= 15 is 0 Å². The highest BCUT2D eigenvalue weighted by atomic mass is 16.6. The summed E-state index contributed by atoms with van der Waals surface area (Å²) in [5, 5.41) is 0. The summed E-state index contributed by atoms with van der Waals surface area (Å²) in [5.41, 5.74) is 0. The van der Waals surface area contributed by atoms with Gasteiger partial charge in [0, 0.05) is 19.3 Å². The Balaban J connectivity index is 4.01. The second kappa shape index (κ2) is 56.5. The van der Waals surface area contributed by atoms with Gasteiger partial charge in [-0.1, -0.05) is 270 Å². The van der Waals surface area contributed by atoms with Crippen LogP contribution in [-0.4, -0.2) is 37.2 Å². The fraction of sp³-hybridized carbons (Fsp3) is 0.885. The molecule has 0 heterocycles. The van der Waals surface area contributed by atoms with Crippen molar-refractivity contribution in [1.82, 2.24) is 0 Å². The van der Waals surface area contributed by atoms with E-state index in [9.17, 15) is 14.4 Å². The fourth-order valence-corrected chi connectivity index (χ4v) is 8.89. The van der Waals surface area contributed by atoms with E-state index in [0.29, 0.717) is 19.3 Å². The van der Waals surface area contributed by atoms with Crippen molar-refractivity contribution in [2.45, 2.75) is 335 Å². The van der Waals surface area contributed by atoms with Gasteiger partial charge in [-0.3, -0.25) is 14.4 Å². The van der Waals surface area contributed by atoms with Crippen LogP contribution in [0.4, 0.5) is 0 Å². The predicted molar refractivity (Wildman–Crippen MR) is 289 cm³/mol. The first kappa shape index (κ1) is 64.9. The fourth-order valence-electron chi connectivity index (χ4n) is 8.89. The van der Waals surface area contributed by atoms with Crippen LogP contribution in [0.25, 0.3) is 0 Å². The topological polar surface area (TPSA) is 78.9 Å². The molecule has 394 valence electrons. The van der Waals surface area contributed by atoms with Crippen LogP contribution in [0.2, 0.25) is 0 Å². The van der Waals surface area contributed by atoms with E-state index in [0.717, 1.165) is 64.2 Å². The van der Waals surface area contributed by atoms with Gasteiger partial charge in [-0.25, -0.2) is 0 Å². The molecule has 0 aromatic heterocycles. The molecule has 0 spiro atoms. The second-order valence-electron chi connectivity index (χ2n) is 20.3. The zero-order chi connectivity index (χ0) is 48.6. The molecule has 0 radical (unpaired) electrons. The molecule has 0 aromatic carbocycles. The number of allylic oxidation sites excluding steroid dienone is 4. The lowest BCUT2D eigenvalue weighted by Gasteiger charge is -2.18. The van der Waals surface area contributed by atoms with Gasteiger partial charge in [0.2, 0.25) is 0 Å². The number of esters is 3. The maximum atomic E-state index is 12.8. The van der Waals surface area contributed by atoms with Gasteiger partial charge in [0.05, 0.1) is 0 Å². The van der Waals surface area contributed by atoms with Crippen molar-refractivity contribution in [3.63, 3.8) is 0 Å². The van der Waals surface area contributed by atoms with Crippen LogP contribution in [0.15, 0.2) is 24.3 Å². The zero-order valence-corrected chi connectivity index (χ0v) is 45.2. The highest BCUT2D eigenvalue weighted by Gasteiger charge is 2.19. The van der Waals surface area contributed by atoms with Crippen LogP contribution >= 0.6 is 0 Å². The summed E-state index contributed by atoms with van der Waals surface area (Å²) in [5.74, 6) is -0.866. The molecule has 0 saturated carbocycles. The molecule has 6 heteroatoms. The summed E-state index contributed by atoms with van der Waals surface area (Å²) < 4.78 is 16.8. The molecule has 0 fully saturated rings. The van der Waals surface area contributed by atoms with Crippen LogP contribution in [0.5, 0.6) is 0 Å². The van der Waals surface area contributed by atoms with Crippen LogP contribution in [0, 0.1) is 0 Å². The van der Waals surface area contributed by atoms with Crippen molar-refractivity contribution in [2.75, 3.05) is 13.2 Å². The molecule has 0 amide bonds. The number of carbonyl (C=O) groups excluding carboxylic acids is 3. The first-order valence-electron chi connectivity index (χ1n) is 29.8. The first-order valence-corrected chi connectivity index (χ1v) is 29.8. The number of hydrogen-bond acceptors (Lipinski definition) is 6. The lowest BCUT2D eigenvalue weighted by molar-refractivity contribution is -0.167. The number of carbonyl (C=O) groups is 3. The molecular formula is C61H114O6. The molecule has 0 aromatic rings. The van der Waals surface area contributed by atoms with E-state index in [2.05, 4.69) is 45.1 Å². The van der Waals surface area contributed by atoms with Gasteiger partial charge >= 0.3 is 17.9 Å². The van der Waals surface area contributed by atoms with Gasteiger partial charge in [-0.2, -0.15) is 0 Å². The van der Waals surface area contributed by atoms with E-state index in [-0.39, 0.29) is 31.1 Å². The maximum absolute atomic E-state index is 12.8. The molecular weight excluding hydrogens is 829 g/mol. The molecule has 0 saturated heterocycles. The average molecular weight is 944 g/mol. The predicted octanol–water partition coefficient (Wildman–Crippen LogP) is 19.9. The summed E-state index contributed by atoms with van der Waals surface area (Å²) in [6.45, 7) is 6.61. The van der Waals surface area contributed by atoms with E-state index in [4.69, 9.17) is 14.2 Å². The summed E-state index contributed by atoms with van der Waals surface area (Å²) in [7, 11) is 0. The summed E-state index contributed by atoms with van der Waals surface area (Å²) in [6, 6.07) is 0. The molecule has 1 unspecified atom stereocenters. The Hall–Kier alpha value is -2.11. The Morgan fingerprint density at radius 1 is 0.284 bits per heavy atom. The molecule has 0 N–H and O–H groups in total. The minimum absolute atomic E-state index is 0.0700. The zero-order valence-electron chi connectivity index (χ0n) is 45.2. The second-order valence-corrected chi connectivity index (χ2v) is 20.3. The van der Waals surface area contributed by atoms with Crippen molar-refractivity contribution in [3.8, 4) is 0 Å². The Labute approximate surface area is 417 Å². The quantitative estimate of drug-likeness (QED) is 0.0262. The standard InChI is InChI=1S/C61H114O6/c1-4-7-10-13-16-19-21-22-23-24-25-26-27-28-29-30-31-32-33-34-35-36-37-38-40-42-45-48-51-54-60(63)66-57-58(56-65-59(62)53-50-47-44-41-18-15-12-9-6-3)67-61(64)55-52-49-46-43-39-20-17-14-11-8-5-2/h14,17,24-25,58H,4-13,15-16,18-23,26-57H2,1-3H3/b17-14-,25-24-. The summed E-state index contributed by atoms with van der Waals surface area (Å²) >= 11 is 0. The summed E-state index contributed by atoms with van der Waals surface area (Å²) in [6.07, 6.45) is 66.4. The third kappa shape index (κ3) is 54.7. The number of unbranched alkanes of at least 4 members (excludes halogenated alkanes) is 40. The molecule has 0 rings (SSSR count). The number of ether oxygens (including phenoxy) is 3. The van der Waals surface area contributed by atoms with Crippen molar-refractivity contribution < 1.29 is 28.6 Å². The summed E-state index contributed by atoms with van der Waals surface area (Å²) in [4.78, 5) is 37.9. The largest absolute Gasteiger partial charge is 0.462 e. The van der Waals surface area contributed by atoms with Crippen LogP contribution in [0.1, 0.15) is 329 Å². The SMILES string of the molecule is CCCC/C=C\CCCCCCCC(=O)OC(COC(=O)CCCCCCCCCCC)COC(=O)CCCCCCCCCCCCCCCCCCC/C=C\CCCCCCCCCC. The van der Waals surface area contributed by atoms with Crippen LogP contribution < -0.4 is 0 Å². The molecule has 0 aliphatic carbocycles. The smallest absolute Gasteiger partial charge is 0.306 e. The van der Waals surface area contributed by atoms with Gasteiger partial charge in [0.15, 0.2) is 6.10 Å². The van der Waals surface area contributed by atoms with Gasteiger partial charge in [-0.05, 0) is 64.2 Å². The van der Waals surface area contributed by atoms with E-state index in [1.165, 1.54) is 225 Å². The Kier molecular flexibility index (Phi) is 54.7. The molecule has 1 atom stereocenters. The van der Waals surface area contributed by atoms with Crippen LogP contribution in [-0.2, 0) is 28.6 Å². The molecule has 0 aliphatic rings. The third-order valence-electron chi connectivity index (χ3n) is 13.4. The monoisotopic (exact) mass is 943 g/mol. The molecule has 0 bridgehead atoms. The number of rotatable bonds is 55. The highest BCUT2D eigenvalue weighted by Crippen LogP contribution is 2.17. The molecule has 0 aliphatic heterocycles. The number of hydrogen-bond donors (Lipinski definition) is 0. The average Bonchev–Trinajstić information content (AvgIpc) is 3.33. The maximum Gasteiger partial charge on any atom is 0.306 e.